The van der Waals surface area contributed by atoms with E-state index in [1.807, 2.05) is 4.90 Å². The predicted octanol–water partition coefficient (Wildman–Crippen LogP) is 0.465. The molecule has 0 saturated carbocycles. The first kappa shape index (κ1) is 17.2. The molecule has 1 aromatic rings. The number of benzene rings is 1. The van der Waals surface area contributed by atoms with Crippen LogP contribution in [0.5, 0.6) is 0 Å². The number of hydrazine groups is 1. The van der Waals surface area contributed by atoms with Crippen LogP contribution in [0.1, 0.15) is 0 Å². The molecule has 0 aromatic heterocycles. The molecule has 9 nitrogen and oxygen atoms in total. The summed E-state index contributed by atoms with van der Waals surface area (Å²) in [5.41, 5.74) is 3.48. The van der Waals surface area contributed by atoms with E-state index in [-0.39, 0.29) is 15.2 Å². The molecule has 2 saturated heterocycles. The number of sulfonamides is 1. The molecule has 1 atom stereocenters. The Morgan fingerprint density at radius 2 is 1.88 bits per heavy atom. The summed E-state index contributed by atoms with van der Waals surface area (Å²) in [6.07, 6.45) is -0.496. The van der Waals surface area contributed by atoms with Gasteiger partial charge in [-0.25, -0.2) is 18.6 Å². The molecule has 130 valence electrons. The number of hydrogen-bond acceptors (Lipinski definition) is 8. The number of rotatable bonds is 4. The second-order valence-electron chi connectivity index (χ2n) is 5.31. The van der Waals surface area contributed by atoms with Crippen molar-refractivity contribution in [2.45, 2.75) is 11.1 Å². The number of anilines is 1. The van der Waals surface area contributed by atoms with Gasteiger partial charge in [0.2, 0.25) is 10.0 Å². The first-order valence-corrected chi connectivity index (χ1v) is 9.53. The minimum Gasteiger partial charge on any atom is -0.379 e. The minimum atomic E-state index is -3.76. The smallest absolute Gasteiger partial charge is 0.308 e. The van der Waals surface area contributed by atoms with Gasteiger partial charge >= 0.3 is 5.24 Å². The highest BCUT2D eigenvalue weighted by molar-refractivity contribution is 8.26. The van der Waals surface area contributed by atoms with Crippen molar-refractivity contribution in [2.24, 2.45) is 5.14 Å². The maximum absolute atomic E-state index is 12.2. The Balaban J connectivity index is 1.78. The SMILES string of the molecule is N=C1SC(=O)N(Nc2ccc(S(N)(=O)=O)cc2)C1N1CCOCC1. The summed E-state index contributed by atoms with van der Waals surface area (Å²) in [5, 5.41) is 14.5. The van der Waals surface area contributed by atoms with Crippen LogP contribution in [0.3, 0.4) is 0 Å². The first-order chi connectivity index (χ1) is 11.4. The van der Waals surface area contributed by atoms with Gasteiger partial charge in [-0.2, -0.15) is 0 Å². The number of nitrogens with two attached hydrogens (primary N) is 1. The summed E-state index contributed by atoms with van der Waals surface area (Å²) in [5.74, 6) is 0. The summed E-state index contributed by atoms with van der Waals surface area (Å²) < 4.78 is 27.9. The molecule has 1 amide bonds. The molecule has 0 bridgehead atoms. The van der Waals surface area contributed by atoms with Crippen molar-refractivity contribution in [1.82, 2.24) is 9.91 Å². The second-order valence-corrected chi connectivity index (χ2v) is 7.86. The molecule has 4 N–H and O–H groups in total. The molecule has 0 aliphatic carbocycles. The Morgan fingerprint density at radius 1 is 1.25 bits per heavy atom. The van der Waals surface area contributed by atoms with Crippen molar-refractivity contribution in [3.05, 3.63) is 24.3 Å². The lowest BCUT2D eigenvalue weighted by molar-refractivity contribution is 0.00846. The van der Waals surface area contributed by atoms with Crippen LogP contribution in [-0.2, 0) is 14.8 Å². The zero-order chi connectivity index (χ0) is 17.3. The fraction of sp³-hybridized carbons (Fsp3) is 0.385. The Morgan fingerprint density at radius 3 is 2.46 bits per heavy atom. The third-order valence-corrected chi connectivity index (χ3v) is 5.43. The number of ether oxygens (including phenoxy) is 1. The van der Waals surface area contributed by atoms with Gasteiger partial charge in [0, 0.05) is 13.1 Å². The van der Waals surface area contributed by atoms with E-state index >= 15 is 0 Å². The molecule has 3 rings (SSSR count). The average molecular weight is 371 g/mol. The fourth-order valence-corrected chi connectivity index (χ4v) is 3.84. The maximum atomic E-state index is 12.2. The molecule has 11 heteroatoms. The molecular weight excluding hydrogens is 354 g/mol. The number of hydrogen-bond donors (Lipinski definition) is 3. The van der Waals surface area contributed by atoms with Crippen molar-refractivity contribution in [3.63, 3.8) is 0 Å². The van der Waals surface area contributed by atoms with E-state index in [0.29, 0.717) is 32.0 Å². The largest absolute Gasteiger partial charge is 0.379 e. The Labute approximate surface area is 143 Å². The lowest BCUT2D eigenvalue weighted by atomic mass is 10.3. The summed E-state index contributed by atoms with van der Waals surface area (Å²) in [4.78, 5) is 14.2. The number of primary sulfonamides is 1. The highest BCUT2D eigenvalue weighted by atomic mass is 32.2. The second kappa shape index (κ2) is 6.69. The first-order valence-electron chi connectivity index (χ1n) is 7.17. The number of carbonyl (C=O) groups is 1. The third-order valence-electron chi connectivity index (χ3n) is 3.70. The average Bonchev–Trinajstić information content (AvgIpc) is 2.82. The lowest BCUT2D eigenvalue weighted by Gasteiger charge is -2.36. The standard InChI is InChI=1S/C13H17N5O4S2/c14-11-12(17-5-7-22-8-6-17)18(13(19)23-11)16-9-1-3-10(4-2-9)24(15,20)21/h1-4,12,14,16H,5-8H2,(H2,15,20,21). The number of carbonyl (C=O) groups excluding carboxylic acids is 1. The van der Waals surface area contributed by atoms with Crippen LogP contribution in [0.2, 0.25) is 0 Å². The van der Waals surface area contributed by atoms with E-state index in [0.717, 1.165) is 11.8 Å². The van der Waals surface area contributed by atoms with Crippen molar-refractivity contribution in [3.8, 4) is 0 Å². The van der Waals surface area contributed by atoms with Gasteiger partial charge in [0.15, 0.2) is 6.17 Å². The van der Waals surface area contributed by atoms with Crippen LogP contribution < -0.4 is 10.6 Å². The van der Waals surface area contributed by atoms with Crippen LogP contribution in [0, 0.1) is 5.41 Å². The third kappa shape index (κ3) is 3.54. The van der Waals surface area contributed by atoms with E-state index in [1.165, 1.54) is 29.3 Å². The molecular formula is C13H17N5O4S2. The van der Waals surface area contributed by atoms with Crippen molar-refractivity contribution in [1.29, 1.82) is 5.41 Å². The normalized spacial score (nSPS) is 22.9. The van der Waals surface area contributed by atoms with Crippen molar-refractivity contribution < 1.29 is 17.9 Å². The van der Waals surface area contributed by atoms with Crippen molar-refractivity contribution in [2.75, 3.05) is 31.7 Å². The van der Waals surface area contributed by atoms with Crippen LogP contribution in [0.25, 0.3) is 0 Å². The molecule has 2 heterocycles. The summed E-state index contributed by atoms with van der Waals surface area (Å²) in [6.45, 7) is 2.37. The highest BCUT2D eigenvalue weighted by Gasteiger charge is 2.41. The van der Waals surface area contributed by atoms with Gasteiger partial charge in [-0.15, -0.1) is 0 Å². The highest BCUT2D eigenvalue weighted by Crippen LogP contribution is 2.29. The van der Waals surface area contributed by atoms with Gasteiger partial charge in [0.25, 0.3) is 0 Å². The molecule has 0 radical (unpaired) electrons. The molecule has 2 aliphatic rings. The van der Waals surface area contributed by atoms with E-state index < -0.39 is 16.2 Å². The van der Waals surface area contributed by atoms with Gasteiger partial charge in [-0.1, -0.05) is 0 Å². The zero-order valence-electron chi connectivity index (χ0n) is 12.6. The van der Waals surface area contributed by atoms with Gasteiger partial charge in [0.05, 0.1) is 23.8 Å². The topological polar surface area (TPSA) is 129 Å². The zero-order valence-corrected chi connectivity index (χ0v) is 14.3. The number of nitrogens with zero attached hydrogens (tertiary/aromatic N) is 2. The lowest BCUT2D eigenvalue weighted by Crippen LogP contribution is -2.54. The van der Waals surface area contributed by atoms with Crippen LogP contribution >= 0.6 is 11.8 Å². The Bertz CT molecular complexity index is 746. The maximum Gasteiger partial charge on any atom is 0.308 e. The van der Waals surface area contributed by atoms with E-state index in [9.17, 15) is 13.2 Å². The number of nitrogens with one attached hydrogen (secondary N) is 2. The summed E-state index contributed by atoms with van der Waals surface area (Å²) in [7, 11) is -3.76. The fourth-order valence-electron chi connectivity index (χ4n) is 2.53. The van der Waals surface area contributed by atoms with Gasteiger partial charge < -0.3 is 4.74 Å². The van der Waals surface area contributed by atoms with Crippen LogP contribution in [0.4, 0.5) is 10.5 Å². The van der Waals surface area contributed by atoms with Crippen LogP contribution in [0.15, 0.2) is 29.2 Å². The monoisotopic (exact) mass is 371 g/mol. The van der Waals surface area contributed by atoms with Gasteiger partial charge in [-0.05, 0) is 36.0 Å². The van der Waals surface area contributed by atoms with E-state index in [4.69, 9.17) is 15.3 Å². The number of amides is 1. The van der Waals surface area contributed by atoms with Gasteiger partial charge in [-0.3, -0.25) is 20.5 Å². The van der Waals surface area contributed by atoms with Gasteiger partial charge in [0.1, 0.15) is 5.04 Å². The number of morpholine rings is 1. The molecule has 24 heavy (non-hydrogen) atoms. The Kier molecular flexibility index (Phi) is 4.78. The molecule has 1 unspecified atom stereocenters. The van der Waals surface area contributed by atoms with E-state index in [2.05, 4.69) is 5.43 Å². The minimum absolute atomic E-state index is 0.00681. The van der Waals surface area contributed by atoms with Crippen molar-refractivity contribution >= 4 is 37.8 Å². The Hall–Kier alpha value is -1.66. The van der Waals surface area contributed by atoms with Crippen LogP contribution in [-0.4, -0.2) is 61.1 Å². The molecule has 1 aromatic carbocycles. The molecule has 0 spiro atoms. The molecule has 2 aliphatic heterocycles. The molecule has 2 fully saturated rings. The quantitative estimate of drug-likeness (QED) is 0.701. The number of thioether (sulfide) groups is 1. The van der Waals surface area contributed by atoms with E-state index in [1.54, 1.807) is 0 Å². The summed E-state index contributed by atoms with van der Waals surface area (Å²) in [6, 6.07) is 5.77. The summed E-state index contributed by atoms with van der Waals surface area (Å²) >= 11 is 0.866. The predicted molar refractivity (Wildman–Crippen MR) is 90.2 cm³/mol.